The summed E-state index contributed by atoms with van der Waals surface area (Å²) in [5.41, 5.74) is 2.64. The summed E-state index contributed by atoms with van der Waals surface area (Å²) >= 11 is 1.27. The minimum Gasteiger partial charge on any atom is -0.477 e. The lowest BCUT2D eigenvalue weighted by Gasteiger charge is -1.99. The molecule has 1 aliphatic carbocycles. The summed E-state index contributed by atoms with van der Waals surface area (Å²) in [7, 11) is 0. The van der Waals surface area contributed by atoms with Crippen molar-refractivity contribution in [3.05, 3.63) is 47.1 Å². The van der Waals surface area contributed by atoms with Gasteiger partial charge in [0.1, 0.15) is 9.88 Å². The molecule has 1 saturated carbocycles. The first-order chi connectivity index (χ1) is 10.2. The molecular weight excluding hydrogens is 284 g/mol. The Morgan fingerprint density at radius 3 is 2.90 bits per heavy atom. The van der Waals surface area contributed by atoms with Gasteiger partial charge in [0.2, 0.25) is 0 Å². The molecular formula is C16H12N2O2S. The Morgan fingerprint density at radius 1 is 1.29 bits per heavy atom. The van der Waals surface area contributed by atoms with Crippen molar-refractivity contribution in [3.8, 4) is 10.6 Å². The Kier molecular flexibility index (Phi) is 2.75. The second-order valence-corrected chi connectivity index (χ2v) is 6.22. The highest BCUT2D eigenvalue weighted by atomic mass is 32.1. The molecule has 0 radical (unpaired) electrons. The number of carboxylic acid groups (broad SMARTS) is 1. The SMILES string of the molecule is O=C(O)c1sc(-c2ccc3ncccc3c2)nc1C1CC1. The van der Waals surface area contributed by atoms with Gasteiger partial charge in [-0.2, -0.15) is 0 Å². The quantitative estimate of drug-likeness (QED) is 0.795. The minimum atomic E-state index is -0.872. The number of aromatic carboxylic acids is 1. The van der Waals surface area contributed by atoms with E-state index in [9.17, 15) is 9.90 Å². The monoisotopic (exact) mass is 296 g/mol. The Hall–Kier alpha value is -2.27. The molecule has 0 unspecified atom stereocenters. The van der Waals surface area contributed by atoms with Gasteiger partial charge < -0.3 is 5.11 Å². The molecule has 1 N–H and O–H groups in total. The molecule has 2 aromatic heterocycles. The van der Waals surface area contributed by atoms with Crippen LogP contribution in [0.25, 0.3) is 21.5 Å². The Morgan fingerprint density at radius 2 is 2.14 bits per heavy atom. The van der Waals surface area contributed by atoms with Crippen molar-refractivity contribution in [2.45, 2.75) is 18.8 Å². The van der Waals surface area contributed by atoms with Crippen molar-refractivity contribution in [2.75, 3.05) is 0 Å². The Balaban J connectivity index is 1.84. The highest BCUT2D eigenvalue weighted by molar-refractivity contribution is 7.17. The Labute approximate surface area is 125 Å². The van der Waals surface area contributed by atoms with E-state index in [1.807, 2.05) is 30.3 Å². The topological polar surface area (TPSA) is 63.1 Å². The van der Waals surface area contributed by atoms with Crippen LogP contribution in [0.5, 0.6) is 0 Å². The van der Waals surface area contributed by atoms with Gasteiger partial charge in [-0.1, -0.05) is 6.07 Å². The fraction of sp³-hybridized carbons (Fsp3) is 0.188. The number of hydrogen-bond acceptors (Lipinski definition) is 4. The van der Waals surface area contributed by atoms with Crippen LogP contribution in [0.15, 0.2) is 36.5 Å². The van der Waals surface area contributed by atoms with Gasteiger partial charge in [0.15, 0.2) is 0 Å². The summed E-state index contributed by atoms with van der Waals surface area (Å²) in [6, 6.07) is 9.81. The van der Waals surface area contributed by atoms with Crippen LogP contribution in [-0.2, 0) is 0 Å². The molecule has 0 atom stereocenters. The van der Waals surface area contributed by atoms with Gasteiger partial charge >= 0.3 is 5.97 Å². The zero-order valence-corrected chi connectivity index (χ0v) is 11.9. The van der Waals surface area contributed by atoms with E-state index < -0.39 is 5.97 Å². The second kappa shape index (κ2) is 4.63. The minimum absolute atomic E-state index is 0.336. The molecule has 0 spiro atoms. The molecule has 0 saturated heterocycles. The predicted octanol–water partition coefficient (Wildman–Crippen LogP) is 3.93. The van der Waals surface area contributed by atoms with Crippen LogP contribution in [0.1, 0.15) is 34.1 Å². The zero-order chi connectivity index (χ0) is 14.4. The summed E-state index contributed by atoms with van der Waals surface area (Å²) in [5, 5.41) is 11.1. The van der Waals surface area contributed by atoms with Gasteiger partial charge in [-0.25, -0.2) is 9.78 Å². The number of aromatic nitrogens is 2. The van der Waals surface area contributed by atoms with Crippen LogP contribution in [0.3, 0.4) is 0 Å². The first-order valence-electron chi connectivity index (χ1n) is 6.81. The molecule has 1 aromatic carbocycles. The van der Waals surface area contributed by atoms with Crippen LogP contribution in [0.2, 0.25) is 0 Å². The number of nitrogens with zero attached hydrogens (tertiary/aromatic N) is 2. The van der Waals surface area contributed by atoms with Gasteiger partial charge in [-0.05, 0) is 37.1 Å². The van der Waals surface area contributed by atoms with Gasteiger partial charge in [-0.3, -0.25) is 4.98 Å². The van der Waals surface area contributed by atoms with Crippen molar-refractivity contribution in [1.29, 1.82) is 0 Å². The molecule has 0 aliphatic heterocycles. The molecule has 0 amide bonds. The fourth-order valence-electron chi connectivity index (χ4n) is 2.45. The van der Waals surface area contributed by atoms with Crippen LogP contribution in [0.4, 0.5) is 0 Å². The van der Waals surface area contributed by atoms with Crippen LogP contribution in [-0.4, -0.2) is 21.0 Å². The van der Waals surface area contributed by atoms with Gasteiger partial charge in [0, 0.05) is 23.1 Å². The third-order valence-corrected chi connectivity index (χ3v) is 4.77. The molecule has 1 fully saturated rings. The third kappa shape index (κ3) is 2.19. The maximum Gasteiger partial charge on any atom is 0.347 e. The highest BCUT2D eigenvalue weighted by Crippen LogP contribution is 2.44. The molecule has 0 bridgehead atoms. The number of thiazole rings is 1. The van der Waals surface area contributed by atoms with E-state index in [0.29, 0.717) is 10.8 Å². The van der Waals surface area contributed by atoms with E-state index in [-0.39, 0.29) is 0 Å². The molecule has 3 aromatic rings. The summed E-state index contributed by atoms with van der Waals surface area (Å²) in [6.07, 6.45) is 3.86. The first-order valence-corrected chi connectivity index (χ1v) is 7.63. The average Bonchev–Trinajstić information content (AvgIpc) is 3.25. The van der Waals surface area contributed by atoms with E-state index >= 15 is 0 Å². The normalized spacial score (nSPS) is 14.5. The van der Waals surface area contributed by atoms with E-state index in [1.165, 1.54) is 11.3 Å². The molecule has 5 heteroatoms. The lowest BCUT2D eigenvalue weighted by Crippen LogP contribution is -1.97. The molecule has 4 nitrogen and oxygen atoms in total. The summed E-state index contributed by atoms with van der Waals surface area (Å²) < 4.78 is 0. The van der Waals surface area contributed by atoms with Crippen LogP contribution in [0, 0.1) is 0 Å². The van der Waals surface area contributed by atoms with Crippen molar-refractivity contribution in [1.82, 2.24) is 9.97 Å². The lowest BCUT2D eigenvalue weighted by atomic mass is 10.1. The lowest BCUT2D eigenvalue weighted by molar-refractivity contribution is 0.0700. The number of hydrogen-bond donors (Lipinski definition) is 1. The fourth-order valence-corrected chi connectivity index (χ4v) is 3.44. The second-order valence-electron chi connectivity index (χ2n) is 5.22. The summed E-state index contributed by atoms with van der Waals surface area (Å²) in [5.74, 6) is -0.536. The van der Waals surface area contributed by atoms with E-state index in [1.54, 1.807) is 6.20 Å². The third-order valence-electron chi connectivity index (χ3n) is 3.66. The average molecular weight is 296 g/mol. The largest absolute Gasteiger partial charge is 0.477 e. The molecule has 4 rings (SSSR count). The smallest absolute Gasteiger partial charge is 0.347 e. The number of carbonyl (C=O) groups is 1. The number of rotatable bonds is 3. The summed E-state index contributed by atoms with van der Waals surface area (Å²) in [4.78, 5) is 20.6. The standard InChI is InChI=1S/C16H12N2O2S/c19-16(20)14-13(9-3-4-9)18-15(21-14)11-5-6-12-10(8-11)2-1-7-17-12/h1-2,5-9H,3-4H2,(H,19,20). The molecule has 104 valence electrons. The van der Waals surface area contributed by atoms with Crippen molar-refractivity contribution in [3.63, 3.8) is 0 Å². The number of benzene rings is 1. The zero-order valence-electron chi connectivity index (χ0n) is 11.1. The first kappa shape index (κ1) is 12.5. The van der Waals surface area contributed by atoms with Gasteiger partial charge in [0.25, 0.3) is 0 Å². The highest BCUT2D eigenvalue weighted by Gasteiger charge is 2.32. The van der Waals surface area contributed by atoms with E-state index in [2.05, 4.69) is 9.97 Å². The maximum atomic E-state index is 11.4. The van der Waals surface area contributed by atoms with Crippen LogP contribution >= 0.6 is 11.3 Å². The molecule has 1 aliphatic rings. The maximum absolute atomic E-state index is 11.4. The molecule has 21 heavy (non-hydrogen) atoms. The Bertz CT molecular complexity index is 852. The number of pyridine rings is 1. The van der Waals surface area contributed by atoms with Gasteiger partial charge in [0.05, 0.1) is 11.2 Å². The number of carboxylic acids is 1. The van der Waals surface area contributed by atoms with Gasteiger partial charge in [-0.15, -0.1) is 11.3 Å². The van der Waals surface area contributed by atoms with E-state index in [0.717, 1.165) is 40.0 Å². The predicted molar refractivity (Wildman–Crippen MR) is 81.8 cm³/mol. The molecule has 2 heterocycles. The van der Waals surface area contributed by atoms with Crippen LogP contribution < -0.4 is 0 Å². The van der Waals surface area contributed by atoms with E-state index in [4.69, 9.17) is 0 Å². The number of fused-ring (bicyclic) bond motifs is 1. The van der Waals surface area contributed by atoms with Crippen molar-refractivity contribution >= 4 is 28.2 Å². The van der Waals surface area contributed by atoms with Crippen molar-refractivity contribution < 1.29 is 9.90 Å². The van der Waals surface area contributed by atoms with Crippen molar-refractivity contribution in [2.24, 2.45) is 0 Å². The summed E-state index contributed by atoms with van der Waals surface area (Å²) in [6.45, 7) is 0.